The van der Waals surface area contributed by atoms with E-state index in [9.17, 15) is 4.79 Å². The number of hydrogen-bond donors (Lipinski definition) is 0. The van der Waals surface area contributed by atoms with Crippen LogP contribution in [0.25, 0.3) is 0 Å². The number of aromatic nitrogens is 2. The molecule has 2 heterocycles. The maximum atomic E-state index is 12.9. The summed E-state index contributed by atoms with van der Waals surface area (Å²) in [7, 11) is 5.90. The fourth-order valence-corrected chi connectivity index (χ4v) is 3.66. The molecule has 1 aromatic heterocycles. The van der Waals surface area contributed by atoms with E-state index in [0.29, 0.717) is 18.8 Å². The van der Waals surface area contributed by atoms with Crippen LogP contribution in [-0.4, -0.2) is 70.9 Å². The van der Waals surface area contributed by atoms with E-state index >= 15 is 0 Å². The Hall–Kier alpha value is -1.40. The van der Waals surface area contributed by atoms with E-state index < -0.39 is 0 Å². The van der Waals surface area contributed by atoms with Gasteiger partial charge in [0.2, 0.25) is 0 Å². The molecule has 6 nitrogen and oxygen atoms in total. The highest BCUT2D eigenvalue weighted by atomic mass is 16.5. The van der Waals surface area contributed by atoms with Gasteiger partial charge in [-0.25, -0.2) is 0 Å². The predicted molar refractivity (Wildman–Crippen MR) is 83.7 cm³/mol. The molecule has 1 aliphatic heterocycles. The smallest absolute Gasteiger partial charge is 0.274 e. The van der Waals surface area contributed by atoms with Crippen molar-refractivity contribution in [1.82, 2.24) is 19.6 Å². The molecule has 2 fully saturated rings. The lowest BCUT2D eigenvalue weighted by atomic mass is 9.97. The van der Waals surface area contributed by atoms with Crippen molar-refractivity contribution in [3.63, 3.8) is 0 Å². The van der Waals surface area contributed by atoms with Gasteiger partial charge in [0.25, 0.3) is 5.91 Å². The van der Waals surface area contributed by atoms with Crippen molar-refractivity contribution in [3.05, 3.63) is 18.0 Å². The van der Waals surface area contributed by atoms with Crippen LogP contribution >= 0.6 is 0 Å². The molecule has 0 radical (unpaired) electrons. The second-order valence-corrected chi connectivity index (χ2v) is 6.92. The molecule has 122 valence electrons. The van der Waals surface area contributed by atoms with Crippen molar-refractivity contribution in [2.45, 2.75) is 37.3 Å². The lowest BCUT2D eigenvalue weighted by molar-refractivity contribution is -0.121. The summed E-state index contributed by atoms with van der Waals surface area (Å²) in [5.74, 6) is 0.0297. The number of morpholine rings is 1. The van der Waals surface area contributed by atoms with Gasteiger partial charge in [0.15, 0.2) is 0 Å². The fraction of sp³-hybridized carbons (Fsp3) is 0.750. The van der Waals surface area contributed by atoms with Gasteiger partial charge in [-0.2, -0.15) is 5.10 Å². The third-order valence-electron chi connectivity index (χ3n) is 4.77. The minimum Gasteiger partial charge on any atom is -0.371 e. The topological polar surface area (TPSA) is 50.6 Å². The van der Waals surface area contributed by atoms with Crippen molar-refractivity contribution in [1.29, 1.82) is 0 Å². The first-order valence-corrected chi connectivity index (χ1v) is 8.08. The molecule has 1 saturated carbocycles. The maximum Gasteiger partial charge on any atom is 0.274 e. The van der Waals surface area contributed by atoms with Gasteiger partial charge in [0.05, 0.1) is 24.8 Å². The third-order valence-corrected chi connectivity index (χ3v) is 4.77. The normalized spacial score (nSPS) is 24.4. The summed E-state index contributed by atoms with van der Waals surface area (Å²) >= 11 is 0. The zero-order chi connectivity index (χ0) is 15.7. The Labute approximate surface area is 132 Å². The Balaban J connectivity index is 1.82. The highest BCUT2D eigenvalue weighted by molar-refractivity contribution is 5.92. The van der Waals surface area contributed by atoms with Crippen molar-refractivity contribution >= 4 is 5.91 Å². The molecular weight excluding hydrogens is 280 g/mol. The minimum absolute atomic E-state index is 0.0297. The molecule has 1 unspecified atom stereocenters. The monoisotopic (exact) mass is 306 g/mol. The number of rotatable bonds is 3. The quantitative estimate of drug-likeness (QED) is 0.840. The molecule has 1 aromatic rings. The number of aryl methyl sites for hydroxylation is 1. The highest BCUT2D eigenvalue weighted by Crippen LogP contribution is 2.37. The predicted octanol–water partition coefficient (Wildman–Crippen LogP) is 1.14. The van der Waals surface area contributed by atoms with Crippen LogP contribution in [-0.2, 0) is 11.8 Å². The molecule has 22 heavy (non-hydrogen) atoms. The van der Waals surface area contributed by atoms with Crippen LogP contribution < -0.4 is 0 Å². The molecule has 3 rings (SSSR count). The molecule has 0 bridgehead atoms. The summed E-state index contributed by atoms with van der Waals surface area (Å²) in [5, 5.41) is 4.29. The van der Waals surface area contributed by atoms with Crippen molar-refractivity contribution in [2.75, 3.05) is 33.8 Å². The van der Waals surface area contributed by atoms with Crippen LogP contribution in [0.2, 0.25) is 0 Å². The number of carbonyl (C=O) groups excluding carboxylic acids is 1. The molecule has 1 amide bonds. The van der Waals surface area contributed by atoms with E-state index in [2.05, 4.69) is 10.00 Å². The van der Waals surface area contributed by atoms with Gasteiger partial charge in [0.1, 0.15) is 5.69 Å². The highest BCUT2D eigenvalue weighted by Gasteiger charge is 2.44. The molecule has 1 atom stereocenters. The van der Waals surface area contributed by atoms with Gasteiger partial charge in [0, 0.05) is 19.8 Å². The summed E-state index contributed by atoms with van der Waals surface area (Å²) in [5.41, 5.74) is 0.411. The number of hydrogen-bond acceptors (Lipinski definition) is 4. The number of amides is 1. The number of ether oxygens (including phenoxy) is 1. The Bertz CT molecular complexity index is 534. The van der Waals surface area contributed by atoms with Crippen molar-refractivity contribution < 1.29 is 9.53 Å². The average Bonchev–Trinajstić information content (AvgIpc) is 3.10. The third kappa shape index (κ3) is 3.03. The maximum absolute atomic E-state index is 12.9. The number of nitrogens with zero attached hydrogens (tertiary/aromatic N) is 4. The first-order valence-electron chi connectivity index (χ1n) is 8.08. The summed E-state index contributed by atoms with van der Waals surface area (Å²) in [6, 6.07) is 1.89. The first-order chi connectivity index (χ1) is 10.5. The lowest BCUT2D eigenvalue weighted by Crippen LogP contribution is -2.60. The zero-order valence-corrected chi connectivity index (χ0v) is 13.8. The van der Waals surface area contributed by atoms with E-state index in [0.717, 1.165) is 19.4 Å². The molecule has 1 spiro atoms. The molecule has 1 aliphatic carbocycles. The van der Waals surface area contributed by atoms with Gasteiger partial charge in [-0.05, 0) is 33.0 Å². The average molecular weight is 306 g/mol. The zero-order valence-electron chi connectivity index (χ0n) is 13.8. The van der Waals surface area contributed by atoms with E-state index in [4.69, 9.17) is 4.74 Å². The standard InChI is InChI=1S/C16H26N4O2/c1-18(2)10-13-11-22-16(7-4-5-8-16)12-20(13)15(21)14-6-9-19(3)17-14/h6,9,13H,4-5,7-8,10-12H2,1-3H3. The molecule has 2 aliphatic rings. The van der Waals surface area contributed by atoms with Gasteiger partial charge in [-0.1, -0.05) is 12.8 Å². The number of carbonyl (C=O) groups is 1. The minimum atomic E-state index is -0.118. The Kier molecular flexibility index (Phi) is 4.23. The Morgan fingerprint density at radius 2 is 2.18 bits per heavy atom. The second kappa shape index (κ2) is 6.01. The second-order valence-electron chi connectivity index (χ2n) is 6.92. The van der Waals surface area contributed by atoms with E-state index in [1.165, 1.54) is 12.8 Å². The van der Waals surface area contributed by atoms with Crippen LogP contribution in [0.3, 0.4) is 0 Å². The van der Waals surface area contributed by atoms with E-state index in [1.807, 2.05) is 32.2 Å². The molecule has 0 aromatic carbocycles. The largest absolute Gasteiger partial charge is 0.371 e. The number of likely N-dealkylation sites (N-methyl/N-ethyl adjacent to an activating group) is 1. The summed E-state index contributed by atoms with van der Waals surface area (Å²) in [4.78, 5) is 17.0. The van der Waals surface area contributed by atoms with E-state index in [1.54, 1.807) is 10.7 Å². The van der Waals surface area contributed by atoms with Crippen molar-refractivity contribution in [2.24, 2.45) is 7.05 Å². The van der Waals surface area contributed by atoms with Crippen LogP contribution in [0, 0.1) is 0 Å². The Morgan fingerprint density at radius 3 is 2.77 bits per heavy atom. The lowest BCUT2D eigenvalue weighted by Gasteiger charge is -2.45. The molecule has 6 heteroatoms. The van der Waals surface area contributed by atoms with Gasteiger partial charge in [-0.15, -0.1) is 0 Å². The fourth-order valence-electron chi connectivity index (χ4n) is 3.66. The van der Waals surface area contributed by atoms with Crippen LogP contribution in [0.15, 0.2) is 12.3 Å². The van der Waals surface area contributed by atoms with Gasteiger partial charge >= 0.3 is 0 Å². The Morgan fingerprint density at radius 1 is 1.45 bits per heavy atom. The molecule has 1 saturated heterocycles. The molecular formula is C16H26N4O2. The van der Waals surface area contributed by atoms with Crippen LogP contribution in [0.5, 0.6) is 0 Å². The SMILES string of the molecule is CN(C)CC1COC2(CCCC2)CN1C(=O)c1ccn(C)n1. The summed E-state index contributed by atoms with van der Waals surface area (Å²) in [6.45, 7) is 2.13. The first kappa shape index (κ1) is 15.5. The summed E-state index contributed by atoms with van der Waals surface area (Å²) in [6.07, 6.45) is 6.34. The van der Waals surface area contributed by atoms with Crippen LogP contribution in [0.1, 0.15) is 36.2 Å². The van der Waals surface area contributed by atoms with E-state index in [-0.39, 0.29) is 17.6 Å². The summed E-state index contributed by atoms with van der Waals surface area (Å²) < 4.78 is 7.90. The van der Waals surface area contributed by atoms with Crippen molar-refractivity contribution in [3.8, 4) is 0 Å². The van der Waals surface area contributed by atoms with Crippen LogP contribution in [0.4, 0.5) is 0 Å². The van der Waals surface area contributed by atoms with Gasteiger partial charge < -0.3 is 14.5 Å². The molecule has 0 N–H and O–H groups in total. The van der Waals surface area contributed by atoms with Gasteiger partial charge in [-0.3, -0.25) is 9.48 Å².